The van der Waals surface area contributed by atoms with E-state index in [0.717, 1.165) is 37.7 Å². The lowest BCUT2D eigenvalue weighted by molar-refractivity contribution is -0.127. The summed E-state index contributed by atoms with van der Waals surface area (Å²) < 4.78 is 16.6. The molecule has 2 heterocycles. The van der Waals surface area contributed by atoms with Gasteiger partial charge in [-0.1, -0.05) is 37.1 Å². The maximum atomic E-state index is 13.7. The molecule has 2 aliphatic rings. The minimum absolute atomic E-state index is 0.122. The van der Waals surface area contributed by atoms with Crippen LogP contribution in [0, 0.1) is 5.92 Å². The Labute approximate surface area is 216 Å². The van der Waals surface area contributed by atoms with Gasteiger partial charge in [-0.3, -0.25) is 4.79 Å². The number of urea groups is 1. The molecule has 9 nitrogen and oxygen atoms in total. The number of rotatable bonds is 8. The number of amides is 3. The van der Waals surface area contributed by atoms with Crippen molar-refractivity contribution in [1.29, 1.82) is 0 Å². The molecule has 0 spiro atoms. The van der Waals surface area contributed by atoms with Crippen molar-refractivity contribution in [3.05, 3.63) is 53.9 Å². The van der Waals surface area contributed by atoms with Gasteiger partial charge < -0.3 is 18.9 Å². The number of nitrogens with zero attached hydrogens (tertiary/aromatic N) is 4. The number of aromatic nitrogens is 2. The maximum Gasteiger partial charge on any atom is 0.332 e. The van der Waals surface area contributed by atoms with Crippen LogP contribution in [0.15, 0.2) is 47.0 Å². The van der Waals surface area contributed by atoms with Gasteiger partial charge in [0.15, 0.2) is 11.5 Å². The smallest absolute Gasteiger partial charge is 0.332 e. The number of hydrogen-bond donors (Lipinski definition) is 0. The van der Waals surface area contributed by atoms with Crippen LogP contribution < -0.4 is 14.4 Å². The van der Waals surface area contributed by atoms with Crippen molar-refractivity contribution in [2.24, 2.45) is 5.92 Å². The van der Waals surface area contributed by atoms with Gasteiger partial charge in [0.25, 0.3) is 0 Å². The standard InChI is InChI=1S/C28H32N4O5/c1-4-18-10-13-20(14-11-18)32-27(33)21-8-6-7-9-22(21)31(28(32)34)17-25-29-26(30-37-25)19-12-15-23(36-5-2)24(16-19)35-3/h10-16,21-22H,4-9,17H2,1-3H3. The van der Waals surface area contributed by atoms with E-state index in [9.17, 15) is 9.59 Å². The third kappa shape index (κ3) is 4.77. The fourth-order valence-electron chi connectivity index (χ4n) is 5.27. The number of anilines is 1. The van der Waals surface area contributed by atoms with Gasteiger partial charge in [0.2, 0.25) is 17.6 Å². The van der Waals surface area contributed by atoms with Crippen molar-refractivity contribution < 1.29 is 23.6 Å². The van der Waals surface area contributed by atoms with Crippen LogP contribution in [0.5, 0.6) is 11.5 Å². The molecule has 1 aromatic heterocycles. The highest BCUT2D eigenvalue weighted by Crippen LogP contribution is 2.38. The lowest BCUT2D eigenvalue weighted by Crippen LogP contribution is -2.62. The molecular formula is C28H32N4O5. The first-order valence-corrected chi connectivity index (χ1v) is 12.9. The van der Waals surface area contributed by atoms with Crippen molar-refractivity contribution in [1.82, 2.24) is 15.0 Å². The molecular weight excluding hydrogens is 472 g/mol. The fraction of sp³-hybridized carbons (Fsp3) is 0.429. The third-order valence-corrected chi connectivity index (χ3v) is 7.20. The zero-order chi connectivity index (χ0) is 25.9. The predicted octanol–water partition coefficient (Wildman–Crippen LogP) is 5.23. The first-order valence-electron chi connectivity index (χ1n) is 12.9. The van der Waals surface area contributed by atoms with E-state index in [1.165, 1.54) is 4.90 Å². The van der Waals surface area contributed by atoms with Crippen LogP contribution in [0.25, 0.3) is 11.4 Å². The molecule has 3 amide bonds. The van der Waals surface area contributed by atoms with E-state index in [4.69, 9.17) is 14.0 Å². The Hall–Kier alpha value is -3.88. The van der Waals surface area contributed by atoms with E-state index in [-0.39, 0.29) is 30.4 Å². The first kappa shape index (κ1) is 24.8. The van der Waals surface area contributed by atoms with Crippen LogP contribution >= 0.6 is 0 Å². The van der Waals surface area contributed by atoms with Gasteiger partial charge in [0.05, 0.1) is 25.3 Å². The Kier molecular flexibility index (Phi) is 7.12. The number of hydrogen-bond acceptors (Lipinski definition) is 7. The zero-order valence-corrected chi connectivity index (χ0v) is 21.5. The molecule has 2 aromatic carbocycles. The molecule has 2 fully saturated rings. The van der Waals surface area contributed by atoms with Gasteiger partial charge in [-0.25, -0.2) is 9.69 Å². The van der Waals surface area contributed by atoms with Gasteiger partial charge in [-0.05, 0) is 62.1 Å². The molecule has 1 aliphatic carbocycles. The molecule has 5 rings (SSSR count). The minimum Gasteiger partial charge on any atom is -0.493 e. The van der Waals surface area contributed by atoms with E-state index in [1.807, 2.05) is 43.3 Å². The number of imide groups is 1. The van der Waals surface area contributed by atoms with Crippen LogP contribution in [0.4, 0.5) is 10.5 Å². The largest absolute Gasteiger partial charge is 0.493 e. The summed E-state index contributed by atoms with van der Waals surface area (Å²) in [5, 5.41) is 4.14. The Morgan fingerprint density at radius 3 is 2.54 bits per heavy atom. The third-order valence-electron chi connectivity index (χ3n) is 7.20. The summed E-state index contributed by atoms with van der Waals surface area (Å²) in [6.45, 7) is 4.64. The Morgan fingerprint density at radius 2 is 1.81 bits per heavy atom. The Bertz CT molecular complexity index is 1270. The molecule has 0 bridgehead atoms. The Balaban J connectivity index is 1.42. The van der Waals surface area contributed by atoms with Crippen molar-refractivity contribution in [2.75, 3.05) is 18.6 Å². The summed E-state index contributed by atoms with van der Waals surface area (Å²) in [5.74, 6) is 1.56. The number of fused-ring (bicyclic) bond motifs is 1. The molecule has 1 aliphatic heterocycles. The van der Waals surface area contributed by atoms with Gasteiger partial charge in [-0.2, -0.15) is 4.98 Å². The molecule has 0 radical (unpaired) electrons. The molecule has 9 heteroatoms. The summed E-state index contributed by atoms with van der Waals surface area (Å²) in [6, 6.07) is 12.5. The van der Waals surface area contributed by atoms with Crippen LogP contribution in [-0.2, 0) is 17.8 Å². The van der Waals surface area contributed by atoms with E-state index >= 15 is 0 Å². The van der Waals surface area contributed by atoms with E-state index in [0.29, 0.717) is 41.1 Å². The second-order valence-corrected chi connectivity index (χ2v) is 9.37. The summed E-state index contributed by atoms with van der Waals surface area (Å²) in [7, 11) is 1.58. The topological polar surface area (TPSA) is 98.0 Å². The number of carbonyl (C=O) groups is 2. The molecule has 1 saturated heterocycles. The highest BCUT2D eigenvalue weighted by molar-refractivity contribution is 6.17. The van der Waals surface area contributed by atoms with E-state index in [1.54, 1.807) is 18.1 Å². The number of ether oxygens (including phenoxy) is 2. The average molecular weight is 505 g/mol. The van der Waals surface area contributed by atoms with Crippen molar-refractivity contribution in [2.45, 2.75) is 58.5 Å². The van der Waals surface area contributed by atoms with Crippen LogP contribution in [0.1, 0.15) is 51.0 Å². The fourth-order valence-corrected chi connectivity index (χ4v) is 5.27. The normalized spacial score (nSPS) is 19.6. The molecule has 37 heavy (non-hydrogen) atoms. The summed E-state index contributed by atoms with van der Waals surface area (Å²) >= 11 is 0. The molecule has 3 aromatic rings. The number of aryl methyl sites for hydroxylation is 1. The van der Waals surface area contributed by atoms with Crippen LogP contribution in [0.3, 0.4) is 0 Å². The SMILES string of the molecule is CCOc1ccc(-c2noc(CN3C(=O)N(c4ccc(CC)cc4)C(=O)C4CCCCC43)n2)cc1OC. The summed E-state index contributed by atoms with van der Waals surface area (Å²) in [6.07, 6.45) is 4.38. The summed E-state index contributed by atoms with van der Waals surface area (Å²) in [4.78, 5) is 34.8. The van der Waals surface area contributed by atoms with E-state index < -0.39 is 0 Å². The predicted molar refractivity (Wildman–Crippen MR) is 137 cm³/mol. The summed E-state index contributed by atoms with van der Waals surface area (Å²) in [5.41, 5.74) is 2.45. The lowest BCUT2D eigenvalue weighted by atomic mass is 9.81. The second-order valence-electron chi connectivity index (χ2n) is 9.37. The molecule has 1 saturated carbocycles. The zero-order valence-electron chi connectivity index (χ0n) is 21.5. The van der Waals surface area contributed by atoms with Crippen molar-refractivity contribution >= 4 is 17.6 Å². The van der Waals surface area contributed by atoms with Crippen molar-refractivity contribution in [3.63, 3.8) is 0 Å². The lowest BCUT2D eigenvalue weighted by Gasteiger charge is -2.46. The van der Waals surface area contributed by atoms with Gasteiger partial charge in [0.1, 0.15) is 6.54 Å². The van der Waals surface area contributed by atoms with Crippen LogP contribution in [0.2, 0.25) is 0 Å². The van der Waals surface area contributed by atoms with Crippen LogP contribution in [-0.4, -0.2) is 46.7 Å². The highest BCUT2D eigenvalue weighted by Gasteiger charge is 2.48. The van der Waals surface area contributed by atoms with E-state index in [2.05, 4.69) is 17.1 Å². The first-order chi connectivity index (χ1) is 18.0. The number of methoxy groups -OCH3 is 1. The van der Waals surface area contributed by atoms with Crippen molar-refractivity contribution in [3.8, 4) is 22.9 Å². The van der Waals surface area contributed by atoms with Gasteiger partial charge >= 0.3 is 6.03 Å². The monoisotopic (exact) mass is 504 g/mol. The Morgan fingerprint density at radius 1 is 1.03 bits per heavy atom. The van der Waals surface area contributed by atoms with Gasteiger partial charge in [0, 0.05) is 11.6 Å². The highest BCUT2D eigenvalue weighted by atomic mass is 16.5. The maximum absolute atomic E-state index is 13.7. The quantitative estimate of drug-likeness (QED) is 0.414. The molecule has 2 unspecified atom stereocenters. The average Bonchev–Trinajstić information content (AvgIpc) is 3.40. The molecule has 2 atom stereocenters. The van der Waals surface area contributed by atoms with Gasteiger partial charge in [-0.15, -0.1) is 0 Å². The number of benzene rings is 2. The molecule has 0 N–H and O–H groups in total. The molecule has 194 valence electrons. The number of carbonyl (C=O) groups excluding carboxylic acids is 2. The minimum atomic E-state index is -0.347. The second kappa shape index (κ2) is 10.6.